The van der Waals surface area contributed by atoms with E-state index in [0.29, 0.717) is 0 Å². The summed E-state index contributed by atoms with van der Waals surface area (Å²) in [6.07, 6.45) is 3.29. The first-order valence-corrected chi connectivity index (χ1v) is 4.94. The smallest absolute Gasteiger partial charge is 0.246 e. The quantitative estimate of drug-likeness (QED) is 0.695. The lowest BCUT2D eigenvalue weighted by atomic mass is 10.4. The first-order chi connectivity index (χ1) is 6.09. The van der Waals surface area contributed by atoms with Crippen molar-refractivity contribution in [1.82, 2.24) is 4.90 Å². The second-order valence-electron chi connectivity index (χ2n) is 2.71. The molecule has 0 radical (unpaired) electrons. The minimum absolute atomic E-state index is 0.0236. The molecule has 0 unspecified atom stereocenters. The van der Waals surface area contributed by atoms with Gasteiger partial charge in [-0.05, 0) is 18.2 Å². The van der Waals surface area contributed by atoms with E-state index in [1.54, 1.807) is 20.2 Å². The summed E-state index contributed by atoms with van der Waals surface area (Å²) < 4.78 is 0.733. The van der Waals surface area contributed by atoms with Gasteiger partial charge in [-0.1, -0.05) is 11.6 Å². The lowest BCUT2D eigenvalue weighted by molar-refractivity contribution is -0.123. The SMILES string of the molecule is CN(C)C(=O)/C=C/c1ccc(Cl)s1. The van der Waals surface area contributed by atoms with Gasteiger partial charge in [0, 0.05) is 25.0 Å². The van der Waals surface area contributed by atoms with Crippen molar-refractivity contribution in [3.63, 3.8) is 0 Å². The van der Waals surface area contributed by atoms with Crippen LogP contribution in [0.25, 0.3) is 6.08 Å². The second-order valence-corrected chi connectivity index (χ2v) is 4.45. The van der Waals surface area contributed by atoms with Crippen molar-refractivity contribution in [1.29, 1.82) is 0 Å². The molecule has 0 saturated heterocycles. The third kappa shape index (κ3) is 3.20. The van der Waals surface area contributed by atoms with Crippen molar-refractivity contribution in [2.24, 2.45) is 0 Å². The summed E-state index contributed by atoms with van der Waals surface area (Å²) >= 11 is 7.18. The molecule has 0 saturated carbocycles. The summed E-state index contributed by atoms with van der Waals surface area (Å²) in [6.45, 7) is 0. The lowest BCUT2D eigenvalue weighted by Gasteiger charge is -2.04. The Hall–Kier alpha value is -0.800. The summed E-state index contributed by atoms with van der Waals surface area (Å²) in [5.74, 6) is -0.0236. The summed E-state index contributed by atoms with van der Waals surface area (Å²) in [5, 5.41) is 0. The van der Waals surface area contributed by atoms with Gasteiger partial charge in [0.25, 0.3) is 0 Å². The number of halogens is 1. The Balaban J connectivity index is 2.64. The molecule has 0 aliphatic heterocycles. The van der Waals surface area contributed by atoms with Crippen molar-refractivity contribution in [3.05, 3.63) is 27.4 Å². The lowest BCUT2D eigenvalue weighted by Crippen LogP contribution is -2.18. The Morgan fingerprint density at radius 2 is 2.23 bits per heavy atom. The van der Waals surface area contributed by atoms with Crippen LogP contribution in [-0.2, 0) is 4.79 Å². The summed E-state index contributed by atoms with van der Waals surface area (Å²) in [7, 11) is 3.43. The highest BCUT2D eigenvalue weighted by Gasteiger charge is 1.98. The number of amides is 1. The predicted molar refractivity (Wildman–Crippen MR) is 57.1 cm³/mol. The van der Waals surface area contributed by atoms with Gasteiger partial charge in [-0.3, -0.25) is 4.79 Å². The second kappa shape index (κ2) is 4.44. The summed E-state index contributed by atoms with van der Waals surface area (Å²) in [5.41, 5.74) is 0. The fourth-order valence-corrected chi connectivity index (χ4v) is 1.68. The van der Waals surface area contributed by atoms with Crippen LogP contribution in [0.1, 0.15) is 4.88 Å². The largest absolute Gasteiger partial charge is 0.345 e. The maximum Gasteiger partial charge on any atom is 0.246 e. The Bertz CT molecular complexity index is 330. The molecule has 70 valence electrons. The number of likely N-dealkylation sites (N-methyl/N-ethyl adjacent to an activating group) is 1. The highest BCUT2D eigenvalue weighted by atomic mass is 35.5. The van der Waals surface area contributed by atoms with E-state index in [4.69, 9.17) is 11.6 Å². The van der Waals surface area contributed by atoms with Crippen LogP contribution < -0.4 is 0 Å². The maximum absolute atomic E-state index is 11.1. The minimum Gasteiger partial charge on any atom is -0.345 e. The van der Waals surface area contributed by atoms with Gasteiger partial charge in [-0.2, -0.15) is 0 Å². The zero-order valence-electron chi connectivity index (χ0n) is 7.45. The molecule has 1 amide bonds. The van der Waals surface area contributed by atoms with E-state index in [1.165, 1.54) is 22.3 Å². The molecule has 1 aromatic heterocycles. The normalized spacial score (nSPS) is 10.7. The van der Waals surface area contributed by atoms with E-state index < -0.39 is 0 Å². The van der Waals surface area contributed by atoms with Crippen molar-refractivity contribution in [3.8, 4) is 0 Å². The number of rotatable bonds is 2. The maximum atomic E-state index is 11.1. The topological polar surface area (TPSA) is 20.3 Å². The number of nitrogens with zero attached hydrogens (tertiary/aromatic N) is 1. The first-order valence-electron chi connectivity index (χ1n) is 3.74. The van der Waals surface area contributed by atoms with E-state index in [-0.39, 0.29) is 5.91 Å². The molecular formula is C9H10ClNOS. The fraction of sp³-hybridized carbons (Fsp3) is 0.222. The van der Waals surface area contributed by atoms with Crippen LogP contribution in [0.15, 0.2) is 18.2 Å². The Labute approximate surface area is 86.4 Å². The molecule has 0 atom stereocenters. The van der Waals surface area contributed by atoms with Crippen LogP contribution in [0.4, 0.5) is 0 Å². The average molecular weight is 216 g/mol. The Kier molecular flexibility index (Phi) is 3.51. The van der Waals surface area contributed by atoms with E-state index in [2.05, 4.69) is 0 Å². The van der Waals surface area contributed by atoms with Gasteiger partial charge >= 0.3 is 0 Å². The first kappa shape index (κ1) is 10.3. The van der Waals surface area contributed by atoms with Crippen molar-refractivity contribution < 1.29 is 4.79 Å². The molecule has 4 heteroatoms. The average Bonchev–Trinajstić information content (AvgIpc) is 2.47. The summed E-state index contributed by atoms with van der Waals surface area (Å²) in [6, 6.07) is 3.69. The third-order valence-corrected chi connectivity index (χ3v) is 2.62. The number of hydrogen-bond donors (Lipinski definition) is 0. The molecule has 0 spiro atoms. The van der Waals surface area contributed by atoms with Gasteiger partial charge in [0.15, 0.2) is 0 Å². The minimum atomic E-state index is -0.0236. The van der Waals surface area contributed by atoms with Crippen LogP contribution in [0.3, 0.4) is 0 Å². The molecule has 0 bridgehead atoms. The number of carbonyl (C=O) groups is 1. The van der Waals surface area contributed by atoms with Crippen LogP contribution in [0.5, 0.6) is 0 Å². The van der Waals surface area contributed by atoms with Crippen LogP contribution >= 0.6 is 22.9 Å². The Morgan fingerprint density at radius 3 is 2.69 bits per heavy atom. The zero-order chi connectivity index (χ0) is 9.84. The molecular weight excluding hydrogens is 206 g/mol. The van der Waals surface area contributed by atoms with Gasteiger partial charge in [0.05, 0.1) is 4.34 Å². The van der Waals surface area contributed by atoms with E-state index in [9.17, 15) is 4.79 Å². The van der Waals surface area contributed by atoms with Crippen LogP contribution in [-0.4, -0.2) is 24.9 Å². The molecule has 0 fully saturated rings. The van der Waals surface area contributed by atoms with Gasteiger partial charge in [0.1, 0.15) is 0 Å². The fourth-order valence-electron chi connectivity index (χ4n) is 0.720. The van der Waals surface area contributed by atoms with Gasteiger partial charge in [0.2, 0.25) is 5.91 Å². The standard InChI is InChI=1S/C9H10ClNOS/c1-11(2)9(12)6-4-7-3-5-8(10)13-7/h3-6H,1-2H3/b6-4+. The zero-order valence-corrected chi connectivity index (χ0v) is 9.02. The molecule has 0 aliphatic carbocycles. The van der Waals surface area contributed by atoms with E-state index in [0.717, 1.165) is 9.21 Å². The molecule has 2 nitrogen and oxygen atoms in total. The van der Waals surface area contributed by atoms with Crippen LogP contribution in [0.2, 0.25) is 4.34 Å². The van der Waals surface area contributed by atoms with Gasteiger partial charge in [-0.15, -0.1) is 11.3 Å². The molecule has 13 heavy (non-hydrogen) atoms. The van der Waals surface area contributed by atoms with Gasteiger partial charge < -0.3 is 4.90 Å². The number of thiophene rings is 1. The summed E-state index contributed by atoms with van der Waals surface area (Å²) in [4.78, 5) is 13.6. The van der Waals surface area contributed by atoms with E-state index >= 15 is 0 Å². The highest BCUT2D eigenvalue weighted by Crippen LogP contribution is 2.22. The van der Waals surface area contributed by atoms with Crippen LogP contribution in [0, 0.1) is 0 Å². The van der Waals surface area contributed by atoms with E-state index in [1.807, 2.05) is 12.1 Å². The van der Waals surface area contributed by atoms with Crippen molar-refractivity contribution in [2.75, 3.05) is 14.1 Å². The van der Waals surface area contributed by atoms with Crippen molar-refractivity contribution >= 4 is 34.9 Å². The third-order valence-electron chi connectivity index (χ3n) is 1.42. The molecule has 1 heterocycles. The highest BCUT2D eigenvalue weighted by molar-refractivity contribution is 7.17. The number of hydrogen-bond acceptors (Lipinski definition) is 2. The van der Waals surface area contributed by atoms with Crippen molar-refractivity contribution in [2.45, 2.75) is 0 Å². The molecule has 1 aromatic rings. The molecule has 0 N–H and O–H groups in total. The predicted octanol–water partition coefficient (Wildman–Crippen LogP) is 2.50. The number of carbonyl (C=O) groups excluding carboxylic acids is 1. The Morgan fingerprint density at radius 1 is 1.54 bits per heavy atom. The monoisotopic (exact) mass is 215 g/mol. The molecule has 0 aromatic carbocycles. The molecule has 0 aliphatic rings. The van der Waals surface area contributed by atoms with Gasteiger partial charge in [-0.25, -0.2) is 0 Å². The molecule has 1 rings (SSSR count).